The van der Waals surface area contributed by atoms with Crippen molar-refractivity contribution in [1.82, 2.24) is 0 Å². The summed E-state index contributed by atoms with van der Waals surface area (Å²) in [7, 11) is 0. The molecule has 0 unspecified atom stereocenters. The SMILES string of the molecule is BrC(Br)=Cc1ccc(Br)cc1. The molecule has 1 aromatic carbocycles. The van der Waals surface area contributed by atoms with E-state index in [1.54, 1.807) is 0 Å². The summed E-state index contributed by atoms with van der Waals surface area (Å²) in [5, 5.41) is 0. The zero-order valence-electron chi connectivity index (χ0n) is 5.52. The maximum absolute atomic E-state index is 3.37. The molecule has 0 saturated carbocycles. The summed E-state index contributed by atoms with van der Waals surface area (Å²) in [6.07, 6.45) is 1.99. The van der Waals surface area contributed by atoms with Gasteiger partial charge in [0.2, 0.25) is 0 Å². The van der Waals surface area contributed by atoms with Crippen molar-refractivity contribution in [2.45, 2.75) is 0 Å². The quantitative estimate of drug-likeness (QED) is 0.704. The largest absolute Gasteiger partial charge is 0.0610 e. The second kappa shape index (κ2) is 4.43. The smallest absolute Gasteiger partial charge is 0.0538 e. The van der Waals surface area contributed by atoms with Crippen molar-refractivity contribution in [2.75, 3.05) is 0 Å². The fraction of sp³-hybridized carbons (Fsp3) is 0. The Labute approximate surface area is 91.1 Å². The first kappa shape index (κ1) is 9.49. The van der Waals surface area contributed by atoms with Gasteiger partial charge in [-0.05, 0) is 55.6 Å². The Morgan fingerprint density at radius 1 is 1.09 bits per heavy atom. The van der Waals surface area contributed by atoms with Crippen LogP contribution in [0.25, 0.3) is 6.08 Å². The van der Waals surface area contributed by atoms with Crippen LogP contribution in [0.15, 0.2) is 32.1 Å². The number of halogens is 3. The molecule has 0 radical (unpaired) electrons. The van der Waals surface area contributed by atoms with E-state index >= 15 is 0 Å². The number of rotatable bonds is 1. The second-order valence-electron chi connectivity index (χ2n) is 1.99. The van der Waals surface area contributed by atoms with E-state index in [4.69, 9.17) is 0 Å². The molecule has 0 nitrogen and oxygen atoms in total. The first-order valence-electron chi connectivity index (χ1n) is 2.97. The summed E-state index contributed by atoms with van der Waals surface area (Å²) in [5.41, 5.74) is 1.16. The molecule has 0 atom stereocenters. The fourth-order valence-electron chi connectivity index (χ4n) is 0.685. The average molecular weight is 341 g/mol. The van der Waals surface area contributed by atoms with Gasteiger partial charge < -0.3 is 0 Å². The molecule has 0 fully saturated rings. The van der Waals surface area contributed by atoms with Gasteiger partial charge in [-0.25, -0.2) is 0 Å². The van der Waals surface area contributed by atoms with E-state index in [2.05, 4.69) is 47.8 Å². The minimum atomic E-state index is 0.951. The minimum absolute atomic E-state index is 0.951. The third-order valence-corrected chi connectivity index (χ3v) is 2.13. The van der Waals surface area contributed by atoms with Crippen LogP contribution < -0.4 is 0 Å². The van der Waals surface area contributed by atoms with Crippen LogP contribution in [0.2, 0.25) is 0 Å². The lowest BCUT2D eigenvalue weighted by molar-refractivity contribution is 1.62. The molecule has 1 aromatic rings. The lowest BCUT2D eigenvalue weighted by atomic mass is 10.2. The van der Waals surface area contributed by atoms with Gasteiger partial charge in [-0.2, -0.15) is 0 Å². The highest BCUT2D eigenvalue weighted by Gasteiger charge is 1.88. The third-order valence-electron chi connectivity index (χ3n) is 1.15. The van der Waals surface area contributed by atoms with Crippen LogP contribution in [0.4, 0.5) is 0 Å². The van der Waals surface area contributed by atoms with E-state index in [1.807, 2.05) is 30.3 Å². The molecule has 3 heteroatoms. The van der Waals surface area contributed by atoms with Crippen molar-refractivity contribution in [3.63, 3.8) is 0 Å². The minimum Gasteiger partial charge on any atom is -0.0538 e. The van der Waals surface area contributed by atoms with Crippen molar-refractivity contribution < 1.29 is 0 Å². The van der Waals surface area contributed by atoms with Gasteiger partial charge in [0.05, 0.1) is 3.39 Å². The van der Waals surface area contributed by atoms with E-state index in [-0.39, 0.29) is 0 Å². The summed E-state index contributed by atoms with van der Waals surface area (Å²) in [5.74, 6) is 0. The van der Waals surface area contributed by atoms with Gasteiger partial charge in [0.15, 0.2) is 0 Å². The number of hydrogen-bond acceptors (Lipinski definition) is 0. The normalized spacial score (nSPS) is 9.36. The molecule has 0 aliphatic rings. The highest BCUT2D eigenvalue weighted by Crippen LogP contribution is 2.19. The molecular weight excluding hydrogens is 336 g/mol. The van der Waals surface area contributed by atoms with Crippen LogP contribution in [-0.2, 0) is 0 Å². The second-order valence-corrected chi connectivity index (χ2v) is 5.67. The van der Waals surface area contributed by atoms with Crippen LogP contribution in [0.1, 0.15) is 5.56 Å². The Bertz CT molecular complexity index is 257. The van der Waals surface area contributed by atoms with Crippen molar-refractivity contribution >= 4 is 53.9 Å². The van der Waals surface area contributed by atoms with Crippen molar-refractivity contribution in [3.8, 4) is 0 Å². The van der Waals surface area contributed by atoms with E-state index < -0.39 is 0 Å². The maximum Gasteiger partial charge on any atom is 0.0610 e. The van der Waals surface area contributed by atoms with Crippen molar-refractivity contribution in [3.05, 3.63) is 37.7 Å². The van der Waals surface area contributed by atoms with Crippen LogP contribution in [-0.4, -0.2) is 0 Å². The van der Waals surface area contributed by atoms with Crippen LogP contribution in [0.5, 0.6) is 0 Å². The highest BCUT2D eigenvalue weighted by molar-refractivity contribution is 9.28. The Hall–Kier alpha value is 0.400. The molecule has 0 N–H and O–H groups in total. The molecule has 11 heavy (non-hydrogen) atoms. The molecule has 0 amide bonds. The van der Waals surface area contributed by atoms with Crippen LogP contribution >= 0.6 is 47.8 Å². The molecule has 0 aromatic heterocycles. The highest BCUT2D eigenvalue weighted by atomic mass is 79.9. The topological polar surface area (TPSA) is 0 Å². The van der Waals surface area contributed by atoms with E-state index in [0.29, 0.717) is 0 Å². The predicted molar refractivity (Wildman–Crippen MR) is 60.0 cm³/mol. The molecule has 0 spiro atoms. The molecule has 0 aliphatic carbocycles. The van der Waals surface area contributed by atoms with E-state index in [9.17, 15) is 0 Å². The van der Waals surface area contributed by atoms with E-state index in [0.717, 1.165) is 13.4 Å². The zero-order chi connectivity index (χ0) is 8.27. The maximum atomic E-state index is 3.37. The monoisotopic (exact) mass is 338 g/mol. The summed E-state index contributed by atoms with van der Waals surface area (Å²) in [6.45, 7) is 0. The van der Waals surface area contributed by atoms with Crippen molar-refractivity contribution in [2.24, 2.45) is 0 Å². The molecule has 0 bridgehead atoms. The zero-order valence-corrected chi connectivity index (χ0v) is 10.3. The summed E-state index contributed by atoms with van der Waals surface area (Å²) >= 11 is 9.96. The standard InChI is InChI=1S/C8H5Br3/c9-7-3-1-6(2-4-7)5-8(10)11/h1-5H. The Kier molecular flexibility index (Phi) is 3.82. The van der Waals surface area contributed by atoms with Gasteiger partial charge in [-0.1, -0.05) is 28.1 Å². The molecule has 0 heterocycles. The molecule has 0 aliphatic heterocycles. The van der Waals surface area contributed by atoms with Gasteiger partial charge in [0.25, 0.3) is 0 Å². The van der Waals surface area contributed by atoms with Gasteiger partial charge in [0, 0.05) is 4.47 Å². The number of hydrogen-bond donors (Lipinski definition) is 0. The lowest BCUT2D eigenvalue weighted by Gasteiger charge is -1.92. The Balaban J connectivity index is 2.91. The third kappa shape index (κ3) is 3.54. The lowest BCUT2D eigenvalue weighted by Crippen LogP contribution is -1.69. The number of benzene rings is 1. The first-order chi connectivity index (χ1) is 5.18. The predicted octanol–water partition coefficient (Wildman–Crippen LogP) is 4.54. The summed E-state index contributed by atoms with van der Waals surface area (Å²) in [6, 6.07) is 8.09. The van der Waals surface area contributed by atoms with Gasteiger partial charge in [0.1, 0.15) is 0 Å². The van der Waals surface area contributed by atoms with Gasteiger partial charge in [-0.15, -0.1) is 0 Å². The van der Waals surface area contributed by atoms with Crippen LogP contribution in [0.3, 0.4) is 0 Å². The molecule has 1 rings (SSSR count). The fourth-order valence-corrected chi connectivity index (χ4v) is 1.48. The first-order valence-corrected chi connectivity index (χ1v) is 5.34. The van der Waals surface area contributed by atoms with E-state index in [1.165, 1.54) is 0 Å². The van der Waals surface area contributed by atoms with Crippen molar-refractivity contribution in [1.29, 1.82) is 0 Å². The average Bonchev–Trinajstić information content (AvgIpc) is 1.93. The van der Waals surface area contributed by atoms with Crippen LogP contribution in [0, 0.1) is 0 Å². The Morgan fingerprint density at radius 3 is 2.09 bits per heavy atom. The summed E-state index contributed by atoms with van der Waals surface area (Å²) < 4.78 is 2.05. The van der Waals surface area contributed by atoms with Gasteiger partial charge >= 0.3 is 0 Å². The Morgan fingerprint density at radius 2 is 1.64 bits per heavy atom. The molecule has 58 valence electrons. The summed E-state index contributed by atoms with van der Waals surface area (Å²) in [4.78, 5) is 0. The molecule has 0 saturated heterocycles. The molecular formula is C8H5Br3. The van der Waals surface area contributed by atoms with Gasteiger partial charge in [-0.3, -0.25) is 0 Å².